The largest absolute Gasteiger partial charge is 0.345 e. The summed E-state index contributed by atoms with van der Waals surface area (Å²) in [4.78, 5) is 25.6. The van der Waals surface area contributed by atoms with Gasteiger partial charge in [0.05, 0.1) is 6.54 Å². The summed E-state index contributed by atoms with van der Waals surface area (Å²) in [6, 6.07) is 8.24. The molecule has 0 radical (unpaired) electrons. The van der Waals surface area contributed by atoms with E-state index >= 15 is 0 Å². The quantitative estimate of drug-likeness (QED) is 0.917. The fraction of sp³-hybridized carbons (Fsp3) is 0.500. The number of nitrogens with zero attached hydrogens (tertiary/aromatic N) is 1. The molecule has 108 valence electrons. The lowest BCUT2D eigenvalue weighted by Crippen LogP contribution is -2.63. The van der Waals surface area contributed by atoms with E-state index < -0.39 is 5.54 Å². The maximum absolute atomic E-state index is 12.0. The Morgan fingerprint density at radius 3 is 2.35 bits per heavy atom. The molecule has 4 nitrogen and oxygen atoms in total. The first kappa shape index (κ1) is 14.6. The molecule has 0 atom stereocenters. The third kappa shape index (κ3) is 2.69. The molecule has 0 saturated carbocycles. The highest BCUT2D eigenvalue weighted by molar-refractivity contribution is 5.97. The second-order valence-corrected chi connectivity index (χ2v) is 6.12. The van der Waals surface area contributed by atoms with Gasteiger partial charge in [-0.2, -0.15) is 0 Å². The van der Waals surface area contributed by atoms with Crippen LogP contribution in [0.15, 0.2) is 24.3 Å². The van der Waals surface area contributed by atoms with Gasteiger partial charge in [-0.1, -0.05) is 38.1 Å². The number of benzene rings is 1. The van der Waals surface area contributed by atoms with Crippen molar-refractivity contribution in [3.63, 3.8) is 0 Å². The van der Waals surface area contributed by atoms with Gasteiger partial charge in [0, 0.05) is 6.54 Å². The highest BCUT2D eigenvalue weighted by atomic mass is 16.2. The van der Waals surface area contributed by atoms with Crippen LogP contribution < -0.4 is 5.32 Å². The monoisotopic (exact) mass is 274 g/mol. The Morgan fingerprint density at radius 2 is 1.80 bits per heavy atom. The first-order valence-electron chi connectivity index (χ1n) is 7.00. The van der Waals surface area contributed by atoms with Crippen LogP contribution >= 0.6 is 0 Å². The number of amides is 2. The van der Waals surface area contributed by atoms with Crippen LogP contribution in [0.1, 0.15) is 44.7 Å². The second-order valence-electron chi connectivity index (χ2n) is 6.12. The Labute approximate surface area is 120 Å². The van der Waals surface area contributed by atoms with Gasteiger partial charge in [0.1, 0.15) is 5.54 Å². The molecule has 2 amide bonds. The van der Waals surface area contributed by atoms with Crippen molar-refractivity contribution in [2.75, 3.05) is 6.54 Å². The van der Waals surface area contributed by atoms with Gasteiger partial charge in [-0.25, -0.2) is 0 Å². The first-order chi connectivity index (χ1) is 9.32. The van der Waals surface area contributed by atoms with Crippen LogP contribution in [-0.4, -0.2) is 28.8 Å². The lowest BCUT2D eigenvalue weighted by Gasteiger charge is -2.41. The third-order valence-electron chi connectivity index (χ3n) is 3.92. The summed E-state index contributed by atoms with van der Waals surface area (Å²) < 4.78 is 0. The van der Waals surface area contributed by atoms with Crippen LogP contribution in [0.5, 0.6) is 0 Å². The zero-order valence-electron chi connectivity index (χ0n) is 12.6. The highest BCUT2D eigenvalue weighted by Crippen LogP contribution is 2.22. The maximum Gasteiger partial charge on any atom is 0.245 e. The molecule has 2 rings (SSSR count). The van der Waals surface area contributed by atoms with E-state index in [4.69, 9.17) is 0 Å². The number of carbonyl (C=O) groups is 2. The van der Waals surface area contributed by atoms with Crippen LogP contribution in [0.3, 0.4) is 0 Å². The molecule has 0 aliphatic carbocycles. The topological polar surface area (TPSA) is 49.4 Å². The number of hydrogen-bond donors (Lipinski definition) is 1. The number of nitrogens with one attached hydrogen (secondary N) is 1. The fourth-order valence-electron chi connectivity index (χ4n) is 2.38. The molecule has 1 fully saturated rings. The lowest BCUT2D eigenvalue weighted by molar-refractivity contribution is -0.152. The van der Waals surface area contributed by atoms with Crippen molar-refractivity contribution in [1.82, 2.24) is 10.2 Å². The standard InChI is InChI=1S/C16H22N2O2/c1-11(2)13-7-5-12(6-8-13)10-18-14(19)9-17-15(20)16(18,3)4/h5-8,11H,9-10H2,1-4H3,(H,17,20). The Hall–Kier alpha value is -1.84. The summed E-state index contributed by atoms with van der Waals surface area (Å²) >= 11 is 0. The van der Waals surface area contributed by atoms with Crippen molar-refractivity contribution < 1.29 is 9.59 Å². The van der Waals surface area contributed by atoms with Gasteiger partial charge in [0.2, 0.25) is 11.8 Å². The summed E-state index contributed by atoms with van der Waals surface area (Å²) in [6.07, 6.45) is 0. The SMILES string of the molecule is CC(C)c1ccc(CN2C(=O)CNC(=O)C2(C)C)cc1. The number of piperazine rings is 1. The molecule has 4 heteroatoms. The minimum Gasteiger partial charge on any atom is -0.345 e. The van der Waals surface area contributed by atoms with Crippen LogP contribution in [0.4, 0.5) is 0 Å². The lowest BCUT2D eigenvalue weighted by atomic mass is 9.96. The van der Waals surface area contributed by atoms with E-state index in [2.05, 4.69) is 31.3 Å². The molecular weight excluding hydrogens is 252 g/mol. The smallest absolute Gasteiger partial charge is 0.245 e. The van der Waals surface area contributed by atoms with Gasteiger partial charge < -0.3 is 10.2 Å². The van der Waals surface area contributed by atoms with Crippen molar-refractivity contribution in [1.29, 1.82) is 0 Å². The summed E-state index contributed by atoms with van der Waals surface area (Å²) in [5.74, 6) is 0.348. The minimum atomic E-state index is -0.800. The molecule has 0 aromatic heterocycles. The molecule has 1 N–H and O–H groups in total. The van der Waals surface area contributed by atoms with Gasteiger partial charge in [0.25, 0.3) is 0 Å². The Bertz CT molecular complexity index is 518. The van der Waals surface area contributed by atoms with E-state index in [1.165, 1.54) is 5.56 Å². The normalized spacial score (nSPS) is 18.4. The molecule has 0 spiro atoms. The van der Waals surface area contributed by atoms with E-state index in [9.17, 15) is 9.59 Å². The summed E-state index contributed by atoms with van der Waals surface area (Å²) in [5, 5.41) is 2.63. The van der Waals surface area contributed by atoms with Gasteiger partial charge in [-0.15, -0.1) is 0 Å². The van der Waals surface area contributed by atoms with Crippen molar-refractivity contribution >= 4 is 11.8 Å². The number of carbonyl (C=O) groups excluding carboxylic acids is 2. The third-order valence-corrected chi connectivity index (χ3v) is 3.92. The highest BCUT2D eigenvalue weighted by Gasteiger charge is 2.41. The molecular formula is C16H22N2O2. The van der Waals surface area contributed by atoms with Gasteiger partial charge in [0.15, 0.2) is 0 Å². The first-order valence-corrected chi connectivity index (χ1v) is 7.00. The predicted octanol–water partition coefficient (Wildman–Crippen LogP) is 2.05. The van der Waals surface area contributed by atoms with Crippen LogP contribution in [0, 0.1) is 0 Å². The molecule has 1 aromatic rings. The maximum atomic E-state index is 12.0. The van der Waals surface area contributed by atoms with Crippen molar-refractivity contribution in [3.8, 4) is 0 Å². The van der Waals surface area contributed by atoms with E-state index in [1.54, 1.807) is 18.7 Å². The minimum absolute atomic E-state index is 0.0393. The van der Waals surface area contributed by atoms with Gasteiger partial charge in [-0.05, 0) is 30.9 Å². The van der Waals surface area contributed by atoms with Crippen LogP contribution in [-0.2, 0) is 16.1 Å². The molecule has 1 saturated heterocycles. The molecule has 20 heavy (non-hydrogen) atoms. The zero-order chi connectivity index (χ0) is 14.9. The Morgan fingerprint density at radius 1 is 1.20 bits per heavy atom. The molecule has 1 aromatic carbocycles. The average molecular weight is 274 g/mol. The fourth-order valence-corrected chi connectivity index (χ4v) is 2.38. The number of hydrogen-bond acceptors (Lipinski definition) is 2. The molecule has 1 heterocycles. The molecule has 1 aliphatic heterocycles. The summed E-state index contributed by atoms with van der Waals surface area (Å²) in [5.41, 5.74) is 1.52. The van der Waals surface area contributed by atoms with Gasteiger partial charge >= 0.3 is 0 Å². The average Bonchev–Trinajstić information content (AvgIpc) is 2.40. The summed E-state index contributed by atoms with van der Waals surface area (Å²) in [6.45, 7) is 8.42. The van der Waals surface area contributed by atoms with Crippen molar-refractivity contribution in [3.05, 3.63) is 35.4 Å². The van der Waals surface area contributed by atoms with Crippen molar-refractivity contribution in [2.45, 2.75) is 45.7 Å². The number of rotatable bonds is 3. The molecule has 0 bridgehead atoms. The molecule has 1 aliphatic rings. The Balaban J connectivity index is 2.19. The van der Waals surface area contributed by atoms with E-state index in [0.717, 1.165) is 5.56 Å². The summed E-state index contributed by atoms with van der Waals surface area (Å²) in [7, 11) is 0. The Kier molecular flexibility index (Phi) is 3.84. The zero-order valence-corrected chi connectivity index (χ0v) is 12.6. The van der Waals surface area contributed by atoms with E-state index in [-0.39, 0.29) is 18.4 Å². The predicted molar refractivity (Wildman–Crippen MR) is 78.2 cm³/mol. The van der Waals surface area contributed by atoms with Crippen LogP contribution in [0.25, 0.3) is 0 Å². The van der Waals surface area contributed by atoms with E-state index in [1.807, 2.05) is 12.1 Å². The van der Waals surface area contributed by atoms with Crippen LogP contribution in [0.2, 0.25) is 0 Å². The second kappa shape index (κ2) is 5.27. The van der Waals surface area contributed by atoms with Crippen molar-refractivity contribution in [2.24, 2.45) is 0 Å². The van der Waals surface area contributed by atoms with Gasteiger partial charge in [-0.3, -0.25) is 9.59 Å². The molecule has 0 unspecified atom stereocenters. The van der Waals surface area contributed by atoms with E-state index in [0.29, 0.717) is 12.5 Å².